The van der Waals surface area contributed by atoms with Crippen LogP contribution < -0.4 is 5.32 Å². The average molecular weight is 367 g/mol. The average Bonchev–Trinajstić information content (AvgIpc) is 3.29. The van der Waals surface area contributed by atoms with Gasteiger partial charge in [0.25, 0.3) is 0 Å². The first-order chi connectivity index (χ1) is 12.3. The van der Waals surface area contributed by atoms with E-state index in [9.17, 15) is 24.4 Å². The van der Waals surface area contributed by atoms with Crippen LogP contribution in [0.15, 0.2) is 0 Å². The Morgan fingerprint density at radius 2 is 1.85 bits per heavy atom. The molecule has 1 aliphatic heterocycles. The van der Waals surface area contributed by atoms with Crippen molar-refractivity contribution in [3.05, 3.63) is 0 Å². The molecule has 26 heavy (non-hydrogen) atoms. The van der Waals surface area contributed by atoms with Crippen LogP contribution in [0.3, 0.4) is 0 Å². The predicted molar refractivity (Wildman–Crippen MR) is 92.7 cm³/mol. The van der Waals surface area contributed by atoms with E-state index in [0.717, 1.165) is 25.7 Å². The first kappa shape index (κ1) is 20.4. The summed E-state index contributed by atoms with van der Waals surface area (Å²) in [6, 6.07) is -0.669. The molecule has 4 amide bonds. The van der Waals surface area contributed by atoms with Gasteiger partial charge in [0, 0.05) is 12.5 Å². The topological polar surface area (TPSA) is 107 Å². The Hall–Kier alpha value is -1.96. The summed E-state index contributed by atoms with van der Waals surface area (Å²) in [5.41, 5.74) is 0. The van der Waals surface area contributed by atoms with E-state index in [1.165, 1.54) is 4.90 Å². The molecule has 0 radical (unpaired) electrons. The maximum Gasteiger partial charge on any atom is 0.249 e. The third-order valence-electron chi connectivity index (χ3n) is 5.40. The molecule has 1 saturated heterocycles. The van der Waals surface area contributed by atoms with Crippen LogP contribution in [-0.4, -0.2) is 58.4 Å². The van der Waals surface area contributed by atoms with Crippen LogP contribution in [-0.2, 0) is 19.2 Å². The molecule has 1 saturated carbocycles. The van der Waals surface area contributed by atoms with Crippen LogP contribution in [0.2, 0.25) is 0 Å². The number of nitrogens with one attached hydrogen (secondary N) is 1. The van der Waals surface area contributed by atoms with Crippen molar-refractivity contribution < 1.29 is 24.4 Å². The Morgan fingerprint density at radius 1 is 1.19 bits per heavy atom. The van der Waals surface area contributed by atoms with Crippen LogP contribution >= 0.6 is 0 Å². The smallest absolute Gasteiger partial charge is 0.249 e. The van der Waals surface area contributed by atoms with Gasteiger partial charge < -0.3 is 4.90 Å². The highest BCUT2D eigenvalue weighted by atomic mass is 16.5. The molecule has 2 N–H and O–H groups in total. The standard InChI is InChI=1S/C18H29N3O5/c1-12(2)16(23)19-17(24)15-8-5-9-21(15)18(25)14(10-20(26)11-22)13-6-3-4-7-13/h11-15,26H,3-10H2,1-2H3,(H,19,23,24)/t14?,15-/m0/s1. The van der Waals surface area contributed by atoms with Crippen molar-refractivity contribution >= 4 is 24.1 Å². The fourth-order valence-corrected chi connectivity index (χ4v) is 3.90. The molecule has 0 aromatic rings. The monoisotopic (exact) mass is 367 g/mol. The van der Waals surface area contributed by atoms with Crippen molar-refractivity contribution in [1.29, 1.82) is 0 Å². The molecule has 0 aromatic carbocycles. The molecular formula is C18H29N3O5. The van der Waals surface area contributed by atoms with Crippen molar-refractivity contribution in [3.8, 4) is 0 Å². The largest absolute Gasteiger partial charge is 0.330 e. The van der Waals surface area contributed by atoms with Crippen molar-refractivity contribution in [3.63, 3.8) is 0 Å². The van der Waals surface area contributed by atoms with Gasteiger partial charge in [-0.25, -0.2) is 5.06 Å². The SMILES string of the molecule is CC(C)C(=O)NC(=O)[C@@H]1CCCN1C(=O)C(CN(O)C=O)C1CCCC1. The number of hydrogen-bond acceptors (Lipinski definition) is 5. The van der Waals surface area contributed by atoms with Crippen LogP contribution in [0.5, 0.6) is 0 Å². The Morgan fingerprint density at radius 3 is 2.42 bits per heavy atom. The first-order valence-electron chi connectivity index (χ1n) is 9.41. The van der Waals surface area contributed by atoms with Gasteiger partial charge in [0.15, 0.2) is 0 Å². The Balaban J connectivity index is 2.11. The van der Waals surface area contributed by atoms with Gasteiger partial charge in [-0.2, -0.15) is 0 Å². The summed E-state index contributed by atoms with van der Waals surface area (Å²) in [5.74, 6) is -1.76. The molecule has 146 valence electrons. The predicted octanol–water partition coefficient (Wildman–Crippen LogP) is 0.930. The van der Waals surface area contributed by atoms with Crippen molar-refractivity contribution in [2.45, 2.75) is 58.4 Å². The second-order valence-corrected chi connectivity index (χ2v) is 7.58. The summed E-state index contributed by atoms with van der Waals surface area (Å²) in [6.45, 7) is 3.78. The minimum atomic E-state index is -0.669. The lowest BCUT2D eigenvalue weighted by molar-refractivity contribution is -0.160. The Labute approximate surface area is 153 Å². The van der Waals surface area contributed by atoms with Gasteiger partial charge in [-0.15, -0.1) is 0 Å². The van der Waals surface area contributed by atoms with Crippen LogP contribution in [0.25, 0.3) is 0 Å². The number of likely N-dealkylation sites (tertiary alicyclic amines) is 1. The van der Waals surface area contributed by atoms with Gasteiger partial charge in [-0.1, -0.05) is 26.7 Å². The zero-order valence-corrected chi connectivity index (χ0v) is 15.5. The van der Waals surface area contributed by atoms with Crippen LogP contribution in [0.4, 0.5) is 0 Å². The molecule has 0 spiro atoms. The second kappa shape index (κ2) is 9.12. The van der Waals surface area contributed by atoms with E-state index >= 15 is 0 Å². The fourth-order valence-electron chi connectivity index (χ4n) is 3.90. The van der Waals surface area contributed by atoms with Gasteiger partial charge in [0.05, 0.1) is 12.5 Å². The quantitative estimate of drug-likeness (QED) is 0.395. The highest BCUT2D eigenvalue weighted by molar-refractivity contribution is 6.00. The maximum atomic E-state index is 13.1. The van der Waals surface area contributed by atoms with Crippen molar-refractivity contribution in [2.75, 3.05) is 13.1 Å². The summed E-state index contributed by atoms with van der Waals surface area (Å²) in [7, 11) is 0. The Kier molecular flexibility index (Phi) is 7.14. The third kappa shape index (κ3) is 4.81. The molecule has 8 nitrogen and oxygen atoms in total. The van der Waals surface area contributed by atoms with Gasteiger partial charge in [0.1, 0.15) is 6.04 Å². The first-order valence-corrected chi connectivity index (χ1v) is 9.41. The zero-order valence-electron chi connectivity index (χ0n) is 15.5. The fraction of sp³-hybridized carbons (Fsp3) is 0.778. The molecule has 8 heteroatoms. The second-order valence-electron chi connectivity index (χ2n) is 7.58. The number of nitrogens with zero attached hydrogens (tertiary/aromatic N) is 2. The molecule has 1 unspecified atom stereocenters. The number of imide groups is 1. The summed E-state index contributed by atoms with van der Waals surface area (Å²) in [5, 5.41) is 12.5. The molecule has 2 aliphatic rings. The summed E-state index contributed by atoms with van der Waals surface area (Å²) in [6.07, 6.45) is 5.29. The van der Waals surface area contributed by atoms with Gasteiger partial charge in [-0.3, -0.25) is 29.7 Å². The lowest BCUT2D eigenvalue weighted by Gasteiger charge is -2.31. The lowest BCUT2D eigenvalue weighted by atomic mass is 9.89. The summed E-state index contributed by atoms with van der Waals surface area (Å²) < 4.78 is 0. The minimum absolute atomic E-state index is 0.0667. The zero-order chi connectivity index (χ0) is 19.3. The molecule has 2 atom stereocenters. The summed E-state index contributed by atoms with van der Waals surface area (Å²) >= 11 is 0. The number of hydrogen-bond donors (Lipinski definition) is 2. The molecule has 0 bridgehead atoms. The number of rotatable bonds is 7. The van der Waals surface area contributed by atoms with E-state index in [-0.39, 0.29) is 30.2 Å². The van der Waals surface area contributed by atoms with E-state index in [2.05, 4.69) is 5.32 Å². The van der Waals surface area contributed by atoms with E-state index < -0.39 is 17.9 Å². The van der Waals surface area contributed by atoms with E-state index in [4.69, 9.17) is 0 Å². The molecule has 2 rings (SSSR count). The van der Waals surface area contributed by atoms with Crippen molar-refractivity contribution in [1.82, 2.24) is 15.3 Å². The van der Waals surface area contributed by atoms with E-state index in [0.29, 0.717) is 30.9 Å². The number of carbonyl (C=O) groups excluding carboxylic acids is 4. The van der Waals surface area contributed by atoms with Gasteiger partial charge >= 0.3 is 0 Å². The molecule has 2 fully saturated rings. The normalized spacial score (nSPS) is 21.7. The Bertz CT molecular complexity index is 545. The molecule has 0 aromatic heterocycles. The number of amides is 4. The summed E-state index contributed by atoms with van der Waals surface area (Å²) in [4.78, 5) is 49.7. The van der Waals surface area contributed by atoms with Crippen molar-refractivity contribution in [2.24, 2.45) is 17.8 Å². The molecule has 1 aliphatic carbocycles. The van der Waals surface area contributed by atoms with E-state index in [1.54, 1.807) is 13.8 Å². The highest BCUT2D eigenvalue weighted by Crippen LogP contribution is 2.34. The van der Waals surface area contributed by atoms with E-state index in [1.807, 2.05) is 0 Å². The molecule has 1 heterocycles. The minimum Gasteiger partial charge on any atom is -0.330 e. The van der Waals surface area contributed by atoms with Gasteiger partial charge in [0.2, 0.25) is 24.1 Å². The van der Waals surface area contributed by atoms with Crippen LogP contribution in [0.1, 0.15) is 52.4 Å². The lowest BCUT2D eigenvalue weighted by Crippen LogP contribution is -2.51. The number of carbonyl (C=O) groups is 4. The number of hydroxylamine groups is 2. The van der Waals surface area contributed by atoms with Gasteiger partial charge in [-0.05, 0) is 31.6 Å². The third-order valence-corrected chi connectivity index (χ3v) is 5.40. The van der Waals surface area contributed by atoms with Crippen LogP contribution in [0, 0.1) is 17.8 Å². The maximum absolute atomic E-state index is 13.1. The molecular weight excluding hydrogens is 338 g/mol. The highest BCUT2D eigenvalue weighted by Gasteiger charge is 2.41.